The van der Waals surface area contributed by atoms with Gasteiger partial charge in [-0.3, -0.25) is 4.98 Å². The van der Waals surface area contributed by atoms with E-state index in [0.29, 0.717) is 6.61 Å². The zero-order valence-corrected chi connectivity index (χ0v) is 12.4. The highest BCUT2D eigenvalue weighted by molar-refractivity contribution is 6.30. The number of aromatic nitrogens is 1. The van der Waals surface area contributed by atoms with E-state index in [4.69, 9.17) is 16.3 Å². The Bertz CT molecular complexity index is 546. The van der Waals surface area contributed by atoms with Crippen LogP contribution in [-0.4, -0.2) is 11.5 Å². The molecule has 1 heterocycles. The Balaban J connectivity index is 1.98. The van der Waals surface area contributed by atoms with Crippen LogP contribution >= 0.6 is 11.6 Å². The number of pyridine rings is 1. The molecule has 0 aliphatic carbocycles. The van der Waals surface area contributed by atoms with Crippen molar-refractivity contribution in [2.75, 3.05) is 6.54 Å². The SMILES string of the molecule is CCCNCc1ccncc1OCc1cccc(Cl)c1. The predicted octanol–water partition coefficient (Wildman–Crippen LogP) is 3.81. The van der Waals surface area contributed by atoms with Crippen molar-refractivity contribution in [1.29, 1.82) is 0 Å². The molecule has 0 bridgehead atoms. The largest absolute Gasteiger partial charge is 0.487 e. The lowest BCUT2D eigenvalue weighted by atomic mass is 10.2. The van der Waals surface area contributed by atoms with Crippen molar-refractivity contribution in [3.05, 3.63) is 58.9 Å². The van der Waals surface area contributed by atoms with E-state index >= 15 is 0 Å². The van der Waals surface area contributed by atoms with Gasteiger partial charge in [-0.25, -0.2) is 0 Å². The van der Waals surface area contributed by atoms with Gasteiger partial charge in [-0.1, -0.05) is 30.7 Å². The van der Waals surface area contributed by atoms with Crippen LogP contribution in [-0.2, 0) is 13.2 Å². The van der Waals surface area contributed by atoms with Crippen LogP contribution in [0.1, 0.15) is 24.5 Å². The first-order chi connectivity index (χ1) is 9.79. The van der Waals surface area contributed by atoms with Crippen LogP contribution in [0.3, 0.4) is 0 Å². The molecule has 2 rings (SSSR count). The quantitative estimate of drug-likeness (QED) is 0.787. The highest BCUT2D eigenvalue weighted by Gasteiger charge is 2.04. The van der Waals surface area contributed by atoms with Crippen LogP contribution in [0, 0.1) is 0 Å². The molecule has 0 aliphatic rings. The lowest BCUT2D eigenvalue weighted by Crippen LogP contribution is -2.14. The zero-order valence-electron chi connectivity index (χ0n) is 11.6. The average Bonchev–Trinajstić information content (AvgIpc) is 2.47. The number of hydrogen-bond donors (Lipinski definition) is 1. The Morgan fingerprint density at radius 3 is 3.00 bits per heavy atom. The van der Waals surface area contributed by atoms with Gasteiger partial charge in [-0.15, -0.1) is 0 Å². The molecule has 0 fully saturated rings. The molecule has 0 saturated heterocycles. The molecule has 0 radical (unpaired) electrons. The summed E-state index contributed by atoms with van der Waals surface area (Å²) in [7, 11) is 0. The van der Waals surface area contributed by atoms with Crippen LogP contribution < -0.4 is 10.1 Å². The van der Waals surface area contributed by atoms with Gasteiger partial charge >= 0.3 is 0 Å². The van der Waals surface area contributed by atoms with Crippen molar-refractivity contribution in [2.45, 2.75) is 26.5 Å². The van der Waals surface area contributed by atoms with E-state index in [1.165, 1.54) is 0 Å². The minimum Gasteiger partial charge on any atom is -0.487 e. The zero-order chi connectivity index (χ0) is 14.2. The minimum atomic E-state index is 0.493. The highest BCUT2D eigenvalue weighted by atomic mass is 35.5. The van der Waals surface area contributed by atoms with Crippen LogP contribution in [0.25, 0.3) is 0 Å². The van der Waals surface area contributed by atoms with E-state index in [2.05, 4.69) is 17.2 Å². The van der Waals surface area contributed by atoms with E-state index < -0.39 is 0 Å². The molecule has 1 N–H and O–H groups in total. The standard InChI is InChI=1S/C16H19ClN2O/c1-2-7-18-10-14-6-8-19-11-16(14)20-12-13-4-3-5-15(17)9-13/h3-6,8-9,11,18H,2,7,10,12H2,1H3. The molecule has 0 atom stereocenters. The highest BCUT2D eigenvalue weighted by Crippen LogP contribution is 2.19. The summed E-state index contributed by atoms with van der Waals surface area (Å²) in [6, 6.07) is 9.67. The minimum absolute atomic E-state index is 0.493. The normalized spacial score (nSPS) is 10.5. The van der Waals surface area contributed by atoms with Crippen LogP contribution in [0.2, 0.25) is 5.02 Å². The van der Waals surface area contributed by atoms with Gasteiger partial charge in [-0.2, -0.15) is 0 Å². The number of nitrogens with one attached hydrogen (secondary N) is 1. The maximum atomic E-state index is 5.96. The maximum Gasteiger partial charge on any atom is 0.142 e. The molecule has 20 heavy (non-hydrogen) atoms. The Morgan fingerprint density at radius 1 is 1.30 bits per heavy atom. The third kappa shape index (κ3) is 4.51. The van der Waals surface area contributed by atoms with Gasteiger partial charge in [0, 0.05) is 23.3 Å². The predicted molar refractivity (Wildman–Crippen MR) is 82.0 cm³/mol. The van der Waals surface area contributed by atoms with Crippen molar-refractivity contribution < 1.29 is 4.74 Å². The summed E-state index contributed by atoms with van der Waals surface area (Å²) in [4.78, 5) is 4.12. The van der Waals surface area contributed by atoms with E-state index in [1.807, 2.05) is 30.3 Å². The number of halogens is 1. The fourth-order valence-corrected chi connectivity index (χ4v) is 2.09. The van der Waals surface area contributed by atoms with Gasteiger partial charge in [-0.05, 0) is 36.7 Å². The Hall–Kier alpha value is -1.58. The lowest BCUT2D eigenvalue weighted by Gasteiger charge is -2.11. The van der Waals surface area contributed by atoms with Gasteiger partial charge in [0.1, 0.15) is 12.4 Å². The van der Waals surface area contributed by atoms with Crippen LogP contribution in [0.5, 0.6) is 5.75 Å². The summed E-state index contributed by atoms with van der Waals surface area (Å²) < 4.78 is 5.85. The van der Waals surface area contributed by atoms with Crippen molar-refractivity contribution in [1.82, 2.24) is 10.3 Å². The molecule has 0 amide bonds. The van der Waals surface area contributed by atoms with Crippen LogP contribution in [0.15, 0.2) is 42.7 Å². The summed E-state index contributed by atoms with van der Waals surface area (Å²) in [6.07, 6.45) is 4.66. The van der Waals surface area contributed by atoms with Gasteiger partial charge in [0.25, 0.3) is 0 Å². The molecule has 1 aromatic carbocycles. The van der Waals surface area contributed by atoms with Gasteiger partial charge in [0.15, 0.2) is 0 Å². The summed E-state index contributed by atoms with van der Waals surface area (Å²) in [5.74, 6) is 0.816. The van der Waals surface area contributed by atoms with E-state index in [-0.39, 0.29) is 0 Å². The topological polar surface area (TPSA) is 34.2 Å². The smallest absolute Gasteiger partial charge is 0.142 e. The summed E-state index contributed by atoms with van der Waals surface area (Å²) in [5, 5.41) is 4.09. The number of nitrogens with zero attached hydrogens (tertiary/aromatic N) is 1. The number of benzene rings is 1. The molecule has 2 aromatic rings. The summed E-state index contributed by atoms with van der Waals surface area (Å²) >= 11 is 5.96. The average molecular weight is 291 g/mol. The molecule has 3 nitrogen and oxygen atoms in total. The van der Waals surface area contributed by atoms with Crippen molar-refractivity contribution in [3.8, 4) is 5.75 Å². The molecule has 4 heteroatoms. The Morgan fingerprint density at radius 2 is 2.20 bits per heavy atom. The van der Waals surface area contributed by atoms with Crippen molar-refractivity contribution >= 4 is 11.6 Å². The molecular weight excluding hydrogens is 272 g/mol. The third-order valence-electron chi connectivity index (χ3n) is 2.90. The van der Waals surface area contributed by atoms with E-state index in [1.54, 1.807) is 12.4 Å². The Kier molecular flexibility index (Phi) is 5.84. The monoisotopic (exact) mass is 290 g/mol. The summed E-state index contributed by atoms with van der Waals surface area (Å²) in [5.41, 5.74) is 2.17. The second-order valence-electron chi connectivity index (χ2n) is 4.58. The van der Waals surface area contributed by atoms with Gasteiger partial charge in [0.05, 0.1) is 6.20 Å². The molecule has 0 aliphatic heterocycles. The lowest BCUT2D eigenvalue weighted by molar-refractivity contribution is 0.301. The second-order valence-corrected chi connectivity index (χ2v) is 5.02. The number of rotatable bonds is 7. The number of ether oxygens (including phenoxy) is 1. The molecule has 0 unspecified atom stereocenters. The van der Waals surface area contributed by atoms with E-state index in [9.17, 15) is 0 Å². The first-order valence-corrected chi connectivity index (χ1v) is 7.18. The van der Waals surface area contributed by atoms with Gasteiger partial charge < -0.3 is 10.1 Å². The maximum absolute atomic E-state index is 5.96. The van der Waals surface area contributed by atoms with Gasteiger partial charge in [0.2, 0.25) is 0 Å². The fraction of sp³-hybridized carbons (Fsp3) is 0.312. The van der Waals surface area contributed by atoms with Crippen molar-refractivity contribution in [2.24, 2.45) is 0 Å². The molecular formula is C16H19ClN2O. The third-order valence-corrected chi connectivity index (χ3v) is 3.13. The summed E-state index contributed by atoms with van der Waals surface area (Å²) in [6.45, 7) is 4.43. The van der Waals surface area contributed by atoms with E-state index in [0.717, 1.165) is 41.4 Å². The molecule has 1 aromatic heterocycles. The molecule has 0 saturated carbocycles. The van der Waals surface area contributed by atoms with Crippen molar-refractivity contribution in [3.63, 3.8) is 0 Å². The fourth-order valence-electron chi connectivity index (χ4n) is 1.87. The molecule has 106 valence electrons. The second kappa shape index (κ2) is 7.88. The Labute approximate surface area is 124 Å². The number of hydrogen-bond acceptors (Lipinski definition) is 3. The first-order valence-electron chi connectivity index (χ1n) is 6.80. The molecule has 0 spiro atoms. The first kappa shape index (κ1) is 14.8. The van der Waals surface area contributed by atoms with Crippen LogP contribution in [0.4, 0.5) is 0 Å².